The Kier molecular flexibility index (Phi) is 3.38. The van der Waals surface area contributed by atoms with E-state index in [2.05, 4.69) is 16.9 Å². The molecule has 2 rings (SSSR count). The van der Waals surface area contributed by atoms with E-state index in [9.17, 15) is 0 Å². The predicted molar refractivity (Wildman–Crippen MR) is 60.4 cm³/mol. The van der Waals surface area contributed by atoms with Crippen molar-refractivity contribution >= 4 is 0 Å². The van der Waals surface area contributed by atoms with Crippen molar-refractivity contribution in [2.75, 3.05) is 19.6 Å². The van der Waals surface area contributed by atoms with Gasteiger partial charge in [0.1, 0.15) is 0 Å². The van der Waals surface area contributed by atoms with Crippen molar-refractivity contribution < 1.29 is 0 Å². The van der Waals surface area contributed by atoms with Crippen LogP contribution in [0.25, 0.3) is 0 Å². The van der Waals surface area contributed by atoms with Gasteiger partial charge in [-0.05, 0) is 38.4 Å². The van der Waals surface area contributed by atoms with Gasteiger partial charge in [0, 0.05) is 25.0 Å². The Balaban J connectivity index is 1.84. The minimum absolute atomic E-state index is 0.557. The fraction of sp³-hybridized carbons (Fsp3) is 0.727. The lowest BCUT2D eigenvalue weighted by Crippen LogP contribution is -2.35. The summed E-state index contributed by atoms with van der Waals surface area (Å²) in [5.41, 5.74) is 5.69. The van der Waals surface area contributed by atoms with Crippen LogP contribution in [0.3, 0.4) is 0 Å². The highest BCUT2D eigenvalue weighted by Crippen LogP contribution is 2.17. The van der Waals surface area contributed by atoms with Crippen molar-refractivity contribution in [1.82, 2.24) is 14.7 Å². The first-order valence-electron chi connectivity index (χ1n) is 5.71. The zero-order valence-corrected chi connectivity index (χ0v) is 9.34. The lowest BCUT2D eigenvalue weighted by Gasteiger charge is -2.24. The molecule has 2 atom stereocenters. The summed E-state index contributed by atoms with van der Waals surface area (Å²) in [6.45, 7) is 6.40. The molecule has 1 aliphatic heterocycles. The Morgan fingerprint density at radius 2 is 2.47 bits per heavy atom. The molecule has 1 fully saturated rings. The molecule has 2 heterocycles. The van der Waals surface area contributed by atoms with E-state index in [0.717, 1.165) is 19.6 Å². The maximum atomic E-state index is 5.69. The first-order chi connectivity index (χ1) is 7.29. The molecule has 0 amide bonds. The van der Waals surface area contributed by atoms with Gasteiger partial charge in [-0.3, -0.25) is 9.58 Å². The molecular formula is C11H20N4. The summed E-state index contributed by atoms with van der Waals surface area (Å²) in [4.78, 5) is 2.51. The van der Waals surface area contributed by atoms with E-state index in [1.54, 1.807) is 0 Å². The normalized spacial score (nSPS) is 24.5. The van der Waals surface area contributed by atoms with Gasteiger partial charge in [-0.2, -0.15) is 5.10 Å². The molecule has 84 valence electrons. The van der Waals surface area contributed by atoms with Gasteiger partial charge >= 0.3 is 0 Å². The van der Waals surface area contributed by atoms with Crippen LogP contribution in [0.4, 0.5) is 0 Å². The molecule has 15 heavy (non-hydrogen) atoms. The summed E-state index contributed by atoms with van der Waals surface area (Å²) >= 11 is 0. The Morgan fingerprint density at radius 1 is 1.60 bits per heavy atom. The minimum Gasteiger partial charge on any atom is -0.330 e. The Hall–Kier alpha value is -0.870. The van der Waals surface area contributed by atoms with Crippen LogP contribution in [0.2, 0.25) is 0 Å². The van der Waals surface area contributed by atoms with Crippen molar-refractivity contribution in [1.29, 1.82) is 0 Å². The van der Waals surface area contributed by atoms with E-state index in [0.29, 0.717) is 12.0 Å². The number of hydrogen-bond donors (Lipinski definition) is 1. The van der Waals surface area contributed by atoms with Crippen LogP contribution in [0.1, 0.15) is 13.3 Å². The third-order valence-corrected chi connectivity index (χ3v) is 3.28. The zero-order valence-electron chi connectivity index (χ0n) is 9.34. The van der Waals surface area contributed by atoms with Gasteiger partial charge in [0.05, 0.1) is 6.54 Å². The van der Waals surface area contributed by atoms with Crippen LogP contribution in [0.5, 0.6) is 0 Å². The Labute approximate surface area is 91.1 Å². The van der Waals surface area contributed by atoms with Gasteiger partial charge in [-0.1, -0.05) is 0 Å². The van der Waals surface area contributed by atoms with Crippen molar-refractivity contribution in [3.05, 3.63) is 18.5 Å². The molecule has 0 radical (unpaired) electrons. The Morgan fingerprint density at radius 3 is 3.07 bits per heavy atom. The van der Waals surface area contributed by atoms with Gasteiger partial charge in [-0.25, -0.2) is 0 Å². The SMILES string of the molecule is CC(Cn1cccn1)N1CCC(CN)C1. The first-order valence-corrected chi connectivity index (χ1v) is 5.71. The summed E-state index contributed by atoms with van der Waals surface area (Å²) < 4.78 is 2.00. The molecule has 1 aromatic rings. The van der Waals surface area contributed by atoms with Crippen molar-refractivity contribution in [3.8, 4) is 0 Å². The molecular weight excluding hydrogens is 188 g/mol. The average Bonchev–Trinajstić information content (AvgIpc) is 2.86. The van der Waals surface area contributed by atoms with Crippen molar-refractivity contribution in [3.63, 3.8) is 0 Å². The quantitative estimate of drug-likeness (QED) is 0.786. The van der Waals surface area contributed by atoms with Gasteiger partial charge in [0.15, 0.2) is 0 Å². The molecule has 0 aliphatic carbocycles. The summed E-state index contributed by atoms with van der Waals surface area (Å²) in [5.74, 6) is 0.699. The van der Waals surface area contributed by atoms with Crippen LogP contribution < -0.4 is 5.73 Å². The maximum Gasteiger partial charge on any atom is 0.0562 e. The van der Waals surface area contributed by atoms with Crippen LogP contribution in [0.15, 0.2) is 18.5 Å². The van der Waals surface area contributed by atoms with Crippen LogP contribution in [-0.4, -0.2) is 40.4 Å². The molecule has 4 heteroatoms. The maximum absolute atomic E-state index is 5.69. The fourth-order valence-electron chi connectivity index (χ4n) is 2.25. The second-order valence-corrected chi connectivity index (χ2v) is 4.46. The van der Waals surface area contributed by atoms with Crippen LogP contribution >= 0.6 is 0 Å². The smallest absolute Gasteiger partial charge is 0.0562 e. The third-order valence-electron chi connectivity index (χ3n) is 3.28. The standard InChI is InChI=1S/C11H20N4/c1-10(8-15-5-2-4-13-15)14-6-3-11(7-12)9-14/h2,4-5,10-11H,3,6-9,12H2,1H3. The molecule has 0 spiro atoms. The minimum atomic E-state index is 0.557. The molecule has 1 aromatic heterocycles. The van der Waals surface area contributed by atoms with E-state index in [1.165, 1.54) is 13.0 Å². The highest BCUT2D eigenvalue weighted by atomic mass is 15.3. The molecule has 2 unspecified atom stereocenters. The van der Waals surface area contributed by atoms with E-state index < -0.39 is 0 Å². The molecule has 0 saturated carbocycles. The number of nitrogens with two attached hydrogens (primary N) is 1. The summed E-state index contributed by atoms with van der Waals surface area (Å²) in [5, 5.41) is 4.23. The lowest BCUT2D eigenvalue weighted by atomic mass is 10.1. The molecule has 4 nitrogen and oxygen atoms in total. The number of likely N-dealkylation sites (tertiary alicyclic amines) is 1. The molecule has 2 N–H and O–H groups in total. The highest BCUT2D eigenvalue weighted by Gasteiger charge is 2.24. The van der Waals surface area contributed by atoms with E-state index in [1.807, 2.05) is 23.1 Å². The zero-order chi connectivity index (χ0) is 10.7. The first kappa shape index (κ1) is 10.6. The number of hydrogen-bond acceptors (Lipinski definition) is 3. The number of aromatic nitrogens is 2. The summed E-state index contributed by atoms with van der Waals surface area (Å²) in [6.07, 6.45) is 5.10. The second kappa shape index (κ2) is 4.77. The van der Waals surface area contributed by atoms with Crippen LogP contribution in [0, 0.1) is 5.92 Å². The fourth-order valence-corrected chi connectivity index (χ4v) is 2.25. The molecule has 1 aliphatic rings. The summed E-state index contributed by atoms with van der Waals surface area (Å²) in [7, 11) is 0. The van der Waals surface area contributed by atoms with Crippen LogP contribution in [-0.2, 0) is 6.54 Å². The molecule has 0 bridgehead atoms. The van der Waals surface area contributed by atoms with Crippen molar-refractivity contribution in [2.24, 2.45) is 11.7 Å². The number of nitrogens with zero attached hydrogens (tertiary/aromatic N) is 3. The van der Waals surface area contributed by atoms with Gasteiger partial charge < -0.3 is 5.73 Å². The molecule has 0 aromatic carbocycles. The Bertz CT molecular complexity index is 283. The van der Waals surface area contributed by atoms with E-state index in [-0.39, 0.29) is 0 Å². The number of rotatable bonds is 4. The summed E-state index contributed by atoms with van der Waals surface area (Å²) in [6, 6.07) is 2.53. The van der Waals surface area contributed by atoms with Gasteiger partial charge in [0.2, 0.25) is 0 Å². The largest absolute Gasteiger partial charge is 0.330 e. The van der Waals surface area contributed by atoms with Crippen molar-refractivity contribution in [2.45, 2.75) is 25.9 Å². The topological polar surface area (TPSA) is 47.1 Å². The highest BCUT2D eigenvalue weighted by molar-refractivity contribution is 4.82. The monoisotopic (exact) mass is 208 g/mol. The lowest BCUT2D eigenvalue weighted by molar-refractivity contribution is 0.222. The van der Waals surface area contributed by atoms with E-state index in [4.69, 9.17) is 5.73 Å². The second-order valence-electron chi connectivity index (χ2n) is 4.46. The average molecular weight is 208 g/mol. The predicted octanol–water partition coefficient (Wildman–Crippen LogP) is 0.552. The van der Waals surface area contributed by atoms with E-state index >= 15 is 0 Å². The van der Waals surface area contributed by atoms with Gasteiger partial charge in [0.25, 0.3) is 0 Å². The van der Waals surface area contributed by atoms with Gasteiger partial charge in [-0.15, -0.1) is 0 Å². The third kappa shape index (κ3) is 2.58. The molecule has 1 saturated heterocycles.